The maximum absolute atomic E-state index is 11.7. The Hall–Kier alpha value is -0.580. The molecule has 3 nitrogen and oxygen atoms in total. The van der Waals surface area contributed by atoms with Crippen LogP contribution in [-0.4, -0.2) is 25.5 Å². The van der Waals surface area contributed by atoms with E-state index in [9.17, 15) is 4.79 Å². The molecule has 0 aromatic carbocycles. The molecule has 98 valence electrons. The van der Waals surface area contributed by atoms with Gasteiger partial charge in [-0.05, 0) is 25.4 Å². The van der Waals surface area contributed by atoms with Gasteiger partial charge in [0.15, 0.2) is 0 Å². The summed E-state index contributed by atoms with van der Waals surface area (Å²) in [5.74, 6) is 0.147. The molecule has 17 heavy (non-hydrogen) atoms. The van der Waals surface area contributed by atoms with Gasteiger partial charge in [0.1, 0.15) is 0 Å². The first-order valence-corrected chi connectivity index (χ1v) is 6.48. The summed E-state index contributed by atoms with van der Waals surface area (Å²) in [4.78, 5) is 13.0. The Labute approximate surface area is 113 Å². The van der Waals surface area contributed by atoms with Crippen molar-refractivity contribution in [2.24, 2.45) is 5.92 Å². The molecule has 0 aliphatic carbocycles. The molecule has 0 aliphatic heterocycles. The molecule has 1 aromatic rings. The number of thiophene rings is 1. The Morgan fingerprint density at radius 2 is 2.18 bits per heavy atom. The number of halogens is 1. The van der Waals surface area contributed by atoms with Gasteiger partial charge < -0.3 is 10.6 Å². The molecular formula is C12H21ClN2OS. The quantitative estimate of drug-likeness (QED) is 0.835. The molecule has 1 aromatic heterocycles. The summed E-state index contributed by atoms with van der Waals surface area (Å²) in [5, 5.41) is 8.10. The summed E-state index contributed by atoms with van der Waals surface area (Å²) >= 11 is 1.73. The maximum Gasteiger partial charge on any atom is 0.224 e. The minimum atomic E-state index is 0. The number of hydrogen-bond donors (Lipinski definition) is 2. The lowest BCUT2D eigenvalue weighted by molar-refractivity contribution is -0.124. The topological polar surface area (TPSA) is 41.1 Å². The van der Waals surface area contributed by atoms with E-state index in [0.29, 0.717) is 0 Å². The standard InChI is InChI=1S/C12H20N2OS.ClH/c1-9(8-13-3)12(15)14-10(2)7-11-5-4-6-16-11;/h4-6,9-10,13H,7-8H2,1-3H3,(H,14,15);1H. The van der Waals surface area contributed by atoms with Crippen molar-refractivity contribution >= 4 is 29.7 Å². The van der Waals surface area contributed by atoms with Gasteiger partial charge in [-0.3, -0.25) is 4.79 Å². The number of amides is 1. The van der Waals surface area contributed by atoms with Crippen LogP contribution in [0.15, 0.2) is 17.5 Å². The zero-order valence-electron chi connectivity index (χ0n) is 10.5. The predicted molar refractivity (Wildman–Crippen MR) is 76.0 cm³/mol. The molecular weight excluding hydrogens is 256 g/mol. The highest BCUT2D eigenvalue weighted by molar-refractivity contribution is 7.09. The molecule has 0 bridgehead atoms. The second-order valence-electron chi connectivity index (χ2n) is 4.15. The van der Waals surface area contributed by atoms with Gasteiger partial charge in [-0.25, -0.2) is 0 Å². The summed E-state index contributed by atoms with van der Waals surface area (Å²) in [6, 6.07) is 4.34. The van der Waals surface area contributed by atoms with Crippen LogP contribution in [0, 0.1) is 5.92 Å². The smallest absolute Gasteiger partial charge is 0.224 e. The summed E-state index contributed by atoms with van der Waals surface area (Å²) in [6.07, 6.45) is 0.912. The molecule has 0 fully saturated rings. The molecule has 0 saturated carbocycles. The first kappa shape index (κ1) is 16.4. The van der Waals surface area contributed by atoms with Crippen LogP contribution in [0.3, 0.4) is 0 Å². The van der Waals surface area contributed by atoms with Crippen molar-refractivity contribution in [1.82, 2.24) is 10.6 Å². The maximum atomic E-state index is 11.7. The highest BCUT2D eigenvalue weighted by Gasteiger charge is 2.14. The van der Waals surface area contributed by atoms with Gasteiger partial charge in [0.25, 0.3) is 0 Å². The van der Waals surface area contributed by atoms with Gasteiger partial charge in [0.05, 0.1) is 0 Å². The number of carbonyl (C=O) groups is 1. The summed E-state index contributed by atoms with van der Waals surface area (Å²) < 4.78 is 0. The Kier molecular flexibility index (Phi) is 8.21. The average Bonchev–Trinajstić information content (AvgIpc) is 2.70. The normalized spacial score (nSPS) is 13.6. The summed E-state index contributed by atoms with van der Waals surface area (Å²) in [6.45, 7) is 4.70. The Morgan fingerprint density at radius 3 is 2.71 bits per heavy atom. The van der Waals surface area contributed by atoms with Crippen LogP contribution >= 0.6 is 23.7 Å². The zero-order chi connectivity index (χ0) is 12.0. The van der Waals surface area contributed by atoms with Crippen LogP contribution in [-0.2, 0) is 11.2 Å². The van der Waals surface area contributed by atoms with E-state index in [1.807, 2.05) is 27.0 Å². The lowest BCUT2D eigenvalue weighted by atomic mass is 10.1. The molecule has 0 radical (unpaired) electrons. The van der Waals surface area contributed by atoms with Crippen molar-refractivity contribution in [1.29, 1.82) is 0 Å². The van der Waals surface area contributed by atoms with Crippen molar-refractivity contribution in [3.8, 4) is 0 Å². The number of hydrogen-bond acceptors (Lipinski definition) is 3. The van der Waals surface area contributed by atoms with E-state index in [1.54, 1.807) is 11.3 Å². The molecule has 0 spiro atoms. The van der Waals surface area contributed by atoms with E-state index in [2.05, 4.69) is 22.1 Å². The summed E-state index contributed by atoms with van der Waals surface area (Å²) in [7, 11) is 1.86. The number of carbonyl (C=O) groups excluding carboxylic acids is 1. The monoisotopic (exact) mass is 276 g/mol. The average molecular weight is 277 g/mol. The third-order valence-electron chi connectivity index (χ3n) is 2.43. The van der Waals surface area contributed by atoms with Gasteiger partial charge in [-0.1, -0.05) is 13.0 Å². The van der Waals surface area contributed by atoms with Crippen molar-refractivity contribution in [2.75, 3.05) is 13.6 Å². The van der Waals surface area contributed by atoms with Crippen molar-refractivity contribution in [3.05, 3.63) is 22.4 Å². The third-order valence-corrected chi connectivity index (χ3v) is 3.33. The van der Waals surface area contributed by atoms with Gasteiger partial charge in [0, 0.05) is 29.8 Å². The fourth-order valence-corrected chi connectivity index (χ4v) is 2.40. The molecule has 2 atom stereocenters. The second-order valence-corrected chi connectivity index (χ2v) is 5.18. The van der Waals surface area contributed by atoms with Crippen LogP contribution in [0.5, 0.6) is 0 Å². The van der Waals surface area contributed by atoms with Gasteiger partial charge in [-0.2, -0.15) is 0 Å². The summed E-state index contributed by atoms with van der Waals surface area (Å²) in [5.41, 5.74) is 0. The van der Waals surface area contributed by atoms with Crippen molar-refractivity contribution in [2.45, 2.75) is 26.3 Å². The third kappa shape index (κ3) is 6.05. The fraction of sp³-hybridized carbons (Fsp3) is 0.583. The van der Waals surface area contributed by atoms with Crippen LogP contribution in [0.25, 0.3) is 0 Å². The van der Waals surface area contributed by atoms with Gasteiger partial charge >= 0.3 is 0 Å². The van der Waals surface area contributed by atoms with Gasteiger partial charge in [-0.15, -0.1) is 23.7 Å². The molecule has 2 N–H and O–H groups in total. The second kappa shape index (κ2) is 8.50. The molecule has 2 unspecified atom stereocenters. The molecule has 0 aliphatic rings. The number of rotatable bonds is 6. The highest BCUT2D eigenvalue weighted by Crippen LogP contribution is 2.11. The van der Waals surface area contributed by atoms with Crippen LogP contribution < -0.4 is 10.6 Å². The minimum absolute atomic E-state index is 0. The Bertz CT molecular complexity index is 316. The van der Waals surface area contributed by atoms with E-state index in [0.717, 1.165) is 13.0 Å². The zero-order valence-corrected chi connectivity index (χ0v) is 12.2. The molecule has 0 saturated heterocycles. The van der Waals surface area contributed by atoms with E-state index >= 15 is 0 Å². The van der Waals surface area contributed by atoms with E-state index in [-0.39, 0.29) is 30.3 Å². The lowest BCUT2D eigenvalue weighted by Crippen LogP contribution is -2.40. The highest BCUT2D eigenvalue weighted by atomic mass is 35.5. The first-order chi connectivity index (χ1) is 7.63. The molecule has 1 heterocycles. The lowest BCUT2D eigenvalue weighted by Gasteiger charge is -2.16. The fourth-order valence-electron chi connectivity index (χ4n) is 1.57. The van der Waals surface area contributed by atoms with Crippen molar-refractivity contribution in [3.63, 3.8) is 0 Å². The molecule has 5 heteroatoms. The van der Waals surface area contributed by atoms with E-state index in [4.69, 9.17) is 0 Å². The predicted octanol–water partition coefficient (Wildman–Crippen LogP) is 2.07. The SMILES string of the molecule is CNCC(C)C(=O)NC(C)Cc1cccs1.Cl. The Morgan fingerprint density at radius 1 is 1.47 bits per heavy atom. The van der Waals surface area contributed by atoms with E-state index in [1.165, 1.54) is 4.88 Å². The minimum Gasteiger partial charge on any atom is -0.353 e. The largest absolute Gasteiger partial charge is 0.353 e. The van der Waals surface area contributed by atoms with Crippen LogP contribution in [0.2, 0.25) is 0 Å². The van der Waals surface area contributed by atoms with E-state index < -0.39 is 0 Å². The number of nitrogens with one attached hydrogen (secondary N) is 2. The molecule has 1 rings (SSSR count). The van der Waals surface area contributed by atoms with Crippen LogP contribution in [0.4, 0.5) is 0 Å². The van der Waals surface area contributed by atoms with Gasteiger partial charge in [0.2, 0.25) is 5.91 Å². The van der Waals surface area contributed by atoms with Crippen LogP contribution in [0.1, 0.15) is 18.7 Å². The Balaban J connectivity index is 0.00000256. The molecule has 1 amide bonds. The van der Waals surface area contributed by atoms with Crippen molar-refractivity contribution < 1.29 is 4.79 Å². The first-order valence-electron chi connectivity index (χ1n) is 5.60.